The molecule has 0 fully saturated rings. The second-order valence-electron chi connectivity index (χ2n) is 4.19. The molecule has 2 aromatic heterocycles. The predicted molar refractivity (Wildman–Crippen MR) is 77.1 cm³/mol. The van der Waals surface area contributed by atoms with E-state index in [1.54, 1.807) is 17.6 Å². The fourth-order valence-electron chi connectivity index (χ4n) is 1.61. The maximum absolute atomic E-state index is 11.2. The van der Waals surface area contributed by atoms with Crippen molar-refractivity contribution in [3.05, 3.63) is 29.3 Å². The van der Waals surface area contributed by atoms with E-state index in [1.165, 1.54) is 4.88 Å². The lowest BCUT2D eigenvalue weighted by Crippen LogP contribution is -2.27. The molecule has 0 saturated heterocycles. The minimum atomic E-state index is -0.777. The smallest absolute Gasteiger partial charge is 0.0794 e. The number of nitrogens with zero attached hydrogens (tertiary/aromatic N) is 1. The first-order valence-corrected chi connectivity index (χ1v) is 8.27. The van der Waals surface area contributed by atoms with Gasteiger partial charge in [-0.05, 0) is 18.4 Å². The number of aromatic nitrogens is 2. The van der Waals surface area contributed by atoms with Gasteiger partial charge in [-0.3, -0.25) is 9.31 Å². The molecule has 4 nitrogen and oxygen atoms in total. The number of nitrogens with one attached hydrogen (secondary N) is 2. The Morgan fingerprint density at radius 2 is 2.44 bits per heavy atom. The van der Waals surface area contributed by atoms with Crippen LogP contribution in [0.5, 0.6) is 0 Å². The summed E-state index contributed by atoms with van der Waals surface area (Å²) in [5.74, 6) is 0. The van der Waals surface area contributed by atoms with Crippen molar-refractivity contribution < 1.29 is 4.21 Å². The van der Waals surface area contributed by atoms with Gasteiger partial charge in [-0.25, -0.2) is 0 Å². The van der Waals surface area contributed by atoms with Crippen molar-refractivity contribution >= 4 is 22.1 Å². The Balaban J connectivity index is 1.95. The summed E-state index contributed by atoms with van der Waals surface area (Å²) in [6, 6.07) is 4.10. The lowest BCUT2D eigenvalue weighted by Gasteiger charge is -2.09. The molecule has 2 rings (SSSR count). The van der Waals surface area contributed by atoms with E-state index in [4.69, 9.17) is 0 Å². The summed E-state index contributed by atoms with van der Waals surface area (Å²) >= 11 is 1.69. The highest BCUT2D eigenvalue weighted by Gasteiger charge is 2.10. The standard InChI is InChI=1S/C12H17N3OS2/c1-9(18(2)16)6-13-7-10-8-14-15-12(10)11-4-3-5-17-11/h3-5,8-9,13H,6-7H2,1-2H3,(H,14,15). The predicted octanol–water partition coefficient (Wildman–Crippen LogP) is 1.99. The molecule has 2 unspecified atom stereocenters. The number of thiophene rings is 1. The van der Waals surface area contributed by atoms with Crippen LogP contribution in [0.4, 0.5) is 0 Å². The molecule has 98 valence electrons. The highest BCUT2D eigenvalue weighted by molar-refractivity contribution is 7.84. The molecule has 0 aliphatic carbocycles. The zero-order chi connectivity index (χ0) is 13.0. The van der Waals surface area contributed by atoms with Crippen LogP contribution in [-0.4, -0.2) is 32.5 Å². The zero-order valence-electron chi connectivity index (χ0n) is 10.5. The monoisotopic (exact) mass is 283 g/mol. The lowest BCUT2D eigenvalue weighted by molar-refractivity contribution is 0.647. The molecule has 2 atom stereocenters. The van der Waals surface area contributed by atoms with Crippen LogP contribution in [-0.2, 0) is 17.3 Å². The number of hydrogen-bond acceptors (Lipinski definition) is 4. The second kappa shape index (κ2) is 6.26. The van der Waals surface area contributed by atoms with Gasteiger partial charge in [-0.1, -0.05) is 6.07 Å². The molecule has 0 saturated carbocycles. The molecule has 6 heteroatoms. The molecule has 0 spiro atoms. The summed E-state index contributed by atoms with van der Waals surface area (Å²) in [6.45, 7) is 3.47. The summed E-state index contributed by atoms with van der Waals surface area (Å²) in [5, 5.41) is 12.7. The molecule has 0 aromatic carbocycles. The van der Waals surface area contributed by atoms with E-state index in [0.29, 0.717) is 0 Å². The van der Waals surface area contributed by atoms with Gasteiger partial charge in [0, 0.05) is 41.0 Å². The van der Waals surface area contributed by atoms with Crippen LogP contribution in [0.15, 0.2) is 23.7 Å². The number of rotatable bonds is 6. The van der Waals surface area contributed by atoms with Crippen molar-refractivity contribution in [2.24, 2.45) is 0 Å². The van der Waals surface area contributed by atoms with Gasteiger partial charge in [0.15, 0.2) is 0 Å². The van der Waals surface area contributed by atoms with Crippen molar-refractivity contribution in [1.29, 1.82) is 0 Å². The lowest BCUT2D eigenvalue weighted by atomic mass is 10.2. The summed E-state index contributed by atoms with van der Waals surface area (Å²) in [6.07, 6.45) is 3.58. The second-order valence-corrected chi connectivity index (χ2v) is 6.94. The van der Waals surface area contributed by atoms with E-state index in [9.17, 15) is 4.21 Å². The SMILES string of the molecule is CC(CNCc1cn[nH]c1-c1cccs1)S(C)=O. The minimum absolute atomic E-state index is 0.169. The quantitative estimate of drug-likeness (QED) is 0.852. The van der Waals surface area contributed by atoms with Crippen molar-refractivity contribution in [2.75, 3.05) is 12.8 Å². The molecule has 2 aromatic rings. The van der Waals surface area contributed by atoms with Crippen LogP contribution < -0.4 is 5.32 Å². The largest absolute Gasteiger partial charge is 0.311 e. The zero-order valence-corrected chi connectivity index (χ0v) is 12.1. The summed E-state index contributed by atoms with van der Waals surface area (Å²) in [4.78, 5) is 1.19. The highest BCUT2D eigenvalue weighted by Crippen LogP contribution is 2.25. The van der Waals surface area contributed by atoms with Crippen molar-refractivity contribution in [3.63, 3.8) is 0 Å². The van der Waals surface area contributed by atoms with Crippen LogP contribution in [0.25, 0.3) is 10.6 Å². The van der Waals surface area contributed by atoms with Gasteiger partial charge in [0.1, 0.15) is 0 Å². The Bertz CT molecular complexity index is 507. The van der Waals surface area contributed by atoms with Gasteiger partial charge in [-0.2, -0.15) is 5.10 Å². The number of aromatic amines is 1. The van der Waals surface area contributed by atoms with E-state index in [-0.39, 0.29) is 5.25 Å². The Hall–Kier alpha value is -0.980. The fraction of sp³-hybridized carbons (Fsp3) is 0.417. The van der Waals surface area contributed by atoms with Gasteiger partial charge in [0.25, 0.3) is 0 Å². The van der Waals surface area contributed by atoms with Crippen LogP contribution in [0, 0.1) is 0 Å². The van der Waals surface area contributed by atoms with Crippen LogP contribution in [0.3, 0.4) is 0 Å². The Morgan fingerprint density at radius 1 is 1.61 bits per heavy atom. The minimum Gasteiger partial charge on any atom is -0.311 e. The third-order valence-corrected chi connectivity index (χ3v) is 4.99. The molecular weight excluding hydrogens is 266 g/mol. The third-order valence-electron chi connectivity index (χ3n) is 2.80. The van der Waals surface area contributed by atoms with Gasteiger partial charge < -0.3 is 5.32 Å². The third kappa shape index (κ3) is 3.28. The molecule has 0 bridgehead atoms. The summed E-state index contributed by atoms with van der Waals surface area (Å²) in [7, 11) is -0.777. The van der Waals surface area contributed by atoms with E-state index < -0.39 is 10.8 Å². The Morgan fingerprint density at radius 3 is 3.11 bits per heavy atom. The average Bonchev–Trinajstić information content (AvgIpc) is 2.98. The molecular formula is C12H17N3OS2. The van der Waals surface area contributed by atoms with Gasteiger partial charge >= 0.3 is 0 Å². The maximum Gasteiger partial charge on any atom is 0.0794 e. The maximum atomic E-state index is 11.2. The average molecular weight is 283 g/mol. The van der Waals surface area contributed by atoms with Crippen molar-refractivity contribution in [3.8, 4) is 10.6 Å². The topological polar surface area (TPSA) is 57.8 Å². The normalized spacial score (nSPS) is 14.6. The number of H-pyrrole nitrogens is 1. The highest BCUT2D eigenvalue weighted by atomic mass is 32.2. The first kappa shape index (κ1) is 13.5. The van der Waals surface area contributed by atoms with Gasteiger partial charge in [0.2, 0.25) is 0 Å². The molecule has 2 heterocycles. The van der Waals surface area contributed by atoms with Crippen LogP contribution in [0.1, 0.15) is 12.5 Å². The Labute approximate surface area is 113 Å². The molecule has 0 aliphatic rings. The molecule has 2 N–H and O–H groups in total. The summed E-state index contributed by atoms with van der Waals surface area (Å²) in [5.41, 5.74) is 2.22. The van der Waals surface area contributed by atoms with Crippen molar-refractivity contribution in [1.82, 2.24) is 15.5 Å². The van der Waals surface area contributed by atoms with E-state index in [0.717, 1.165) is 24.3 Å². The first-order chi connectivity index (χ1) is 8.68. The molecule has 0 aliphatic heterocycles. The van der Waals surface area contributed by atoms with Crippen LogP contribution in [0.2, 0.25) is 0 Å². The molecule has 0 amide bonds. The van der Waals surface area contributed by atoms with Gasteiger partial charge in [0.05, 0.1) is 16.8 Å². The van der Waals surface area contributed by atoms with Crippen LogP contribution >= 0.6 is 11.3 Å². The Kier molecular flexibility index (Phi) is 4.68. The van der Waals surface area contributed by atoms with E-state index in [1.807, 2.05) is 19.2 Å². The number of hydrogen-bond donors (Lipinski definition) is 2. The summed E-state index contributed by atoms with van der Waals surface area (Å²) < 4.78 is 11.2. The van der Waals surface area contributed by atoms with Gasteiger partial charge in [-0.15, -0.1) is 11.3 Å². The molecule has 0 radical (unpaired) electrons. The first-order valence-electron chi connectivity index (χ1n) is 5.77. The van der Waals surface area contributed by atoms with Crippen molar-refractivity contribution in [2.45, 2.75) is 18.7 Å². The van der Waals surface area contributed by atoms with E-state index >= 15 is 0 Å². The van der Waals surface area contributed by atoms with E-state index in [2.05, 4.69) is 27.0 Å². The molecule has 18 heavy (non-hydrogen) atoms. The fourth-order valence-corrected chi connectivity index (χ4v) is 2.71.